The summed E-state index contributed by atoms with van der Waals surface area (Å²) >= 11 is 0. The van der Waals surface area contributed by atoms with Crippen LogP contribution in [-0.4, -0.2) is 32.6 Å². The number of aryl methyl sites for hydroxylation is 1. The van der Waals surface area contributed by atoms with Crippen molar-refractivity contribution in [2.45, 2.75) is 6.18 Å². The van der Waals surface area contributed by atoms with Gasteiger partial charge in [0.2, 0.25) is 0 Å². The lowest BCUT2D eigenvalue weighted by Gasteiger charge is -2.17. The third kappa shape index (κ3) is 4.19. The number of halogens is 5. The summed E-state index contributed by atoms with van der Waals surface area (Å²) in [5, 5.41) is 4.94. The fourth-order valence-corrected chi connectivity index (χ4v) is 2.02. The van der Waals surface area contributed by atoms with Crippen LogP contribution in [0, 0.1) is 11.6 Å². The first kappa shape index (κ1) is 19.8. The average Bonchev–Trinajstić information content (AvgIpc) is 2.93. The summed E-state index contributed by atoms with van der Waals surface area (Å²) in [5.41, 5.74) is 1.79. The SMILES string of the molecule is Cn1cc(C(=O)N(C(N)=O)C(=O)Nc2ccc(F)c(F)c2)c(C(F)(F)F)n1. The smallest absolute Gasteiger partial charge is 0.351 e. The van der Waals surface area contributed by atoms with E-state index in [-0.39, 0.29) is 10.6 Å². The van der Waals surface area contributed by atoms with Crippen LogP contribution in [0.1, 0.15) is 16.1 Å². The number of benzene rings is 1. The molecule has 2 aromatic rings. The number of nitrogens with zero attached hydrogens (tertiary/aromatic N) is 3. The zero-order chi connectivity index (χ0) is 20.5. The molecule has 8 nitrogen and oxygen atoms in total. The summed E-state index contributed by atoms with van der Waals surface area (Å²) in [6.45, 7) is 0. The number of urea groups is 2. The quantitative estimate of drug-likeness (QED) is 0.767. The number of rotatable bonds is 2. The van der Waals surface area contributed by atoms with Gasteiger partial charge in [0.05, 0.1) is 5.56 Å². The summed E-state index contributed by atoms with van der Waals surface area (Å²) in [6.07, 6.45) is -4.40. The summed E-state index contributed by atoms with van der Waals surface area (Å²) in [7, 11) is 1.09. The van der Waals surface area contributed by atoms with E-state index in [0.29, 0.717) is 23.0 Å². The molecule has 1 heterocycles. The number of primary amides is 1. The Labute approximate surface area is 147 Å². The van der Waals surface area contributed by atoms with Gasteiger partial charge in [-0.05, 0) is 12.1 Å². The lowest BCUT2D eigenvalue weighted by atomic mass is 10.2. The van der Waals surface area contributed by atoms with Crippen LogP contribution in [0.15, 0.2) is 24.4 Å². The Morgan fingerprint density at radius 2 is 1.81 bits per heavy atom. The number of aromatic nitrogens is 2. The number of carbonyl (C=O) groups is 3. The van der Waals surface area contributed by atoms with Crippen molar-refractivity contribution in [1.82, 2.24) is 14.7 Å². The predicted molar refractivity (Wildman–Crippen MR) is 79.3 cm³/mol. The number of amides is 5. The van der Waals surface area contributed by atoms with Gasteiger partial charge < -0.3 is 11.1 Å². The van der Waals surface area contributed by atoms with Gasteiger partial charge in [-0.25, -0.2) is 18.4 Å². The normalized spacial score (nSPS) is 11.2. The van der Waals surface area contributed by atoms with Crippen LogP contribution in [0.2, 0.25) is 0 Å². The molecule has 0 aliphatic rings. The third-order valence-corrected chi connectivity index (χ3v) is 3.13. The number of imide groups is 3. The van der Waals surface area contributed by atoms with Crippen LogP contribution in [0.25, 0.3) is 0 Å². The second-order valence-corrected chi connectivity index (χ2v) is 5.10. The van der Waals surface area contributed by atoms with Crippen molar-refractivity contribution in [2.75, 3.05) is 5.32 Å². The number of hydrogen-bond acceptors (Lipinski definition) is 4. The van der Waals surface area contributed by atoms with Gasteiger partial charge in [-0.2, -0.15) is 23.2 Å². The highest BCUT2D eigenvalue weighted by Gasteiger charge is 2.41. The lowest BCUT2D eigenvalue weighted by molar-refractivity contribution is -0.141. The highest BCUT2D eigenvalue weighted by Crippen LogP contribution is 2.31. The molecule has 3 N–H and O–H groups in total. The maximum absolute atomic E-state index is 13.2. The predicted octanol–water partition coefficient (Wildman–Crippen LogP) is 2.47. The molecule has 27 heavy (non-hydrogen) atoms. The van der Waals surface area contributed by atoms with Gasteiger partial charge in [0.25, 0.3) is 5.91 Å². The summed E-state index contributed by atoms with van der Waals surface area (Å²) in [4.78, 5) is 35.5. The highest BCUT2D eigenvalue weighted by molar-refractivity contribution is 6.18. The first-order chi connectivity index (χ1) is 12.4. The highest BCUT2D eigenvalue weighted by atomic mass is 19.4. The van der Waals surface area contributed by atoms with E-state index in [0.717, 1.165) is 13.1 Å². The number of nitrogens with one attached hydrogen (secondary N) is 1. The molecule has 0 fully saturated rings. The molecule has 0 radical (unpaired) electrons. The Kier molecular flexibility index (Phi) is 5.14. The van der Waals surface area contributed by atoms with E-state index in [1.165, 1.54) is 0 Å². The third-order valence-electron chi connectivity index (χ3n) is 3.13. The minimum absolute atomic E-state index is 0.326. The molecule has 1 aromatic heterocycles. The van der Waals surface area contributed by atoms with Gasteiger partial charge in [0.15, 0.2) is 17.3 Å². The van der Waals surface area contributed by atoms with Crippen molar-refractivity contribution in [3.63, 3.8) is 0 Å². The molecule has 13 heteroatoms. The van der Waals surface area contributed by atoms with Crippen LogP contribution in [-0.2, 0) is 13.2 Å². The van der Waals surface area contributed by atoms with Gasteiger partial charge in [-0.15, -0.1) is 0 Å². The number of anilines is 1. The van der Waals surface area contributed by atoms with Crippen molar-refractivity contribution >= 4 is 23.7 Å². The Hall–Kier alpha value is -3.51. The van der Waals surface area contributed by atoms with E-state index in [1.54, 1.807) is 0 Å². The molecule has 0 atom stereocenters. The minimum Gasteiger partial charge on any atom is -0.351 e. The monoisotopic (exact) mass is 391 g/mol. The minimum atomic E-state index is -5.05. The molecule has 0 unspecified atom stereocenters. The van der Waals surface area contributed by atoms with Crippen LogP contribution >= 0.6 is 0 Å². The second kappa shape index (κ2) is 7.01. The number of hydrogen-bond donors (Lipinski definition) is 2. The molecule has 0 saturated heterocycles. The van der Waals surface area contributed by atoms with Gasteiger partial charge in [0, 0.05) is 25.0 Å². The van der Waals surface area contributed by atoms with Crippen molar-refractivity contribution in [2.24, 2.45) is 12.8 Å². The molecule has 144 valence electrons. The fourth-order valence-electron chi connectivity index (χ4n) is 2.02. The van der Waals surface area contributed by atoms with Crippen LogP contribution in [0.4, 0.5) is 37.2 Å². The lowest BCUT2D eigenvalue weighted by Crippen LogP contribution is -2.47. The second-order valence-electron chi connectivity index (χ2n) is 5.10. The molecule has 0 spiro atoms. The molecule has 5 amide bonds. The number of carbonyl (C=O) groups excluding carboxylic acids is 3. The molecular weight excluding hydrogens is 381 g/mol. The van der Waals surface area contributed by atoms with Gasteiger partial charge in [-0.1, -0.05) is 0 Å². The Bertz CT molecular complexity index is 924. The molecule has 0 saturated carbocycles. The first-order valence-corrected chi connectivity index (χ1v) is 6.92. The molecule has 0 bridgehead atoms. The maximum atomic E-state index is 13.2. The largest absolute Gasteiger partial charge is 0.435 e. The Morgan fingerprint density at radius 3 is 2.33 bits per heavy atom. The Balaban J connectivity index is 2.37. The molecule has 0 aliphatic heterocycles. The van der Waals surface area contributed by atoms with E-state index in [2.05, 4.69) is 5.10 Å². The zero-order valence-corrected chi connectivity index (χ0v) is 13.3. The van der Waals surface area contributed by atoms with Crippen LogP contribution in [0.5, 0.6) is 0 Å². The van der Waals surface area contributed by atoms with Crippen molar-refractivity contribution in [1.29, 1.82) is 0 Å². The number of nitrogens with two attached hydrogens (primary N) is 1. The standard InChI is InChI=1S/C14H10F5N5O3/c1-23-5-7(10(22-23)14(17,18)19)11(25)24(12(20)26)13(27)21-6-2-3-8(15)9(16)4-6/h2-5H,1H3,(H2,20,26)(H,21,27). The Morgan fingerprint density at radius 1 is 1.19 bits per heavy atom. The first-order valence-electron chi connectivity index (χ1n) is 6.92. The molecule has 1 aromatic carbocycles. The van der Waals surface area contributed by atoms with Gasteiger partial charge >= 0.3 is 18.2 Å². The average molecular weight is 391 g/mol. The van der Waals surface area contributed by atoms with E-state index < -0.39 is 47.0 Å². The van der Waals surface area contributed by atoms with E-state index >= 15 is 0 Å². The topological polar surface area (TPSA) is 110 Å². The zero-order valence-electron chi connectivity index (χ0n) is 13.3. The van der Waals surface area contributed by atoms with Crippen molar-refractivity contribution in [3.05, 3.63) is 47.3 Å². The van der Waals surface area contributed by atoms with Crippen molar-refractivity contribution in [3.8, 4) is 0 Å². The van der Waals surface area contributed by atoms with Crippen LogP contribution < -0.4 is 11.1 Å². The number of alkyl halides is 3. The molecular formula is C14H10F5N5O3. The van der Waals surface area contributed by atoms with E-state index in [4.69, 9.17) is 5.73 Å². The van der Waals surface area contributed by atoms with Crippen LogP contribution in [0.3, 0.4) is 0 Å². The van der Waals surface area contributed by atoms with Gasteiger partial charge in [0.1, 0.15) is 0 Å². The van der Waals surface area contributed by atoms with E-state index in [1.807, 2.05) is 5.32 Å². The van der Waals surface area contributed by atoms with Gasteiger partial charge in [-0.3, -0.25) is 9.48 Å². The maximum Gasteiger partial charge on any atom is 0.435 e. The fraction of sp³-hybridized carbons (Fsp3) is 0.143. The summed E-state index contributed by atoms with van der Waals surface area (Å²) in [6, 6.07) is -1.20. The summed E-state index contributed by atoms with van der Waals surface area (Å²) in [5.74, 6) is -4.29. The van der Waals surface area contributed by atoms with Crippen molar-refractivity contribution < 1.29 is 36.3 Å². The molecule has 0 aliphatic carbocycles. The molecule has 2 rings (SSSR count). The van der Waals surface area contributed by atoms with E-state index in [9.17, 15) is 36.3 Å². The summed E-state index contributed by atoms with van der Waals surface area (Å²) < 4.78 is 65.6.